The summed E-state index contributed by atoms with van der Waals surface area (Å²) in [4.78, 5) is 16.2. The molecule has 1 N–H and O–H groups in total. The molecule has 0 unspecified atom stereocenters. The molecule has 0 aliphatic rings. The van der Waals surface area contributed by atoms with E-state index in [9.17, 15) is 4.79 Å². The molecule has 0 atom stereocenters. The Bertz CT molecular complexity index is 814. The van der Waals surface area contributed by atoms with Crippen molar-refractivity contribution in [3.63, 3.8) is 0 Å². The molecule has 0 radical (unpaired) electrons. The van der Waals surface area contributed by atoms with Crippen molar-refractivity contribution in [2.24, 2.45) is 0 Å². The molecule has 0 spiro atoms. The molecule has 0 aliphatic carbocycles. The van der Waals surface area contributed by atoms with Gasteiger partial charge in [-0.1, -0.05) is 35.3 Å². The monoisotopic (exact) mass is 345 g/mol. The average molecular weight is 346 g/mol. The fourth-order valence-corrected chi connectivity index (χ4v) is 2.64. The molecule has 0 saturated heterocycles. The topological polar surface area (TPSA) is 46.9 Å². The lowest BCUT2D eigenvalue weighted by Gasteiger charge is -2.08. The highest BCUT2D eigenvalue weighted by molar-refractivity contribution is 6.36. The maximum Gasteiger partial charge on any atom is 0.253 e. The minimum atomic E-state index is -0.231. The fourth-order valence-electron chi connectivity index (χ4n) is 2.15. The minimum Gasteiger partial charge on any atom is -0.348 e. The Morgan fingerprint density at radius 1 is 1.13 bits per heavy atom. The molecule has 0 saturated carbocycles. The van der Waals surface area contributed by atoms with Gasteiger partial charge in [0.05, 0.1) is 16.9 Å². The van der Waals surface area contributed by atoms with Crippen molar-refractivity contribution in [1.29, 1.82) is 0 Å². The van der Waals surface area contributed by atoms with E-state index in [0.29, 0.717) is 22.2 Å². The predicted molar refractivity (Wildman–Crippen MR) is 91.2 cm³/mol. The predicted octanol–water partition coefficient (Wildman–Crippen LogP) is 4.11. The van der Waals surface area contributed by atoms with E-state index in [-0.39, 0.29) is 5.91 Å². The molecule has 116 valence electrons. The summed E-state index contributed by atoms with van der Waals surface area (Å²) in [7, 11) is 0. The smallest absolute Gasteiger partial charge is 0.253 e. The van der Waals surface area contributed by atoms with E-state index in [1.165, 1.54) is 0 Å². The van der Waals surface area contributed by atoms with E-state index in [1.807, 2.05) is 35.0 Å². The summed E-state index contributed by atoms with van der Waals surface area (Å²) in [6, 6.07) is 12.7. The summed E-state index contributed by atoms with van der Waals surface area (Å²) in [6.45, 7) is 0.419. The Morgan fingerprint density at radius 3 is 2.57 bits per heavy atom. The van der Waals surface area contributed by atoms with Gasteiger partial charge in [0, 0.05) is 29.6 Å². The third kappa shape index (κ3) is 3.73. The average Bonchev–Trinajstić information content (AvgIpc) is 3.07. The van der Waals surface area contributed by atoms with Crippen LogP contribution in [0.3, 0.4) is 0 Å². The first-order chi connectivity index (χ1) is 11.1. The van der Waals surface area contributed by atoms with Crippen molar-refractivity contribution in [3.8, 4) is 5.69 Å². The molecule has 3 aromatic rings. The Balaban J connectivity index is 1.65. The summed E-state index contributed by atoms with van der Waals surface area (Å²) in [5, 5.41) is 3.68. The second-order valence-corrected chi connectivity index (χ2v) is 5.79. The van der Waals surface area contributed by atoms with Crippen molar-refractivity contribution in [2.75, 3.05) is 0 Å². The van der Waals surface area contributed by atoms with Gasteiger partial charge in [-0.05, 0) is 35.9 Å². The van der Waals surface area contributed by atoms with Crippen molar-refractivity contribution in [3.05, 3.63) is 82.4 Å². The van der Waals surface area contributed by atoms with E-state index >= 15 is 0 Å². The van der Waals surface area contributed by atoms with Crippen molar-refractivity contribution < 1.29 is 4.79 Å². The molecule has 1 amide bonds. The number of rotatable bonds is 4. The molecule has 23 heavy (non-hydrogen) atoms. The lowest BCUT2D eigenvalue weighted by molar-refractivity contribution is 0.0951. The Labute approximate surface area is 143 Å². The SMILES string of the molecule is O=C(NCc1ccc(-n2ccnc2)cc1)c1ccc(Cl)cc1Cl. The minimum absolute atomic E-state index is 0.231. The summed E-state index contributed by atoms with van der Waals surface area (Å²) < 4.78 is 1.91. The van der Waals surface area contributed by atoms with Crippen LogP contribution in [0.25, 0.3) is 5.69 Å². The molecular formula is C17H13Cl2N3O. The zero-order chi connectivity index (χ0) is 16.2. The van der Waals surface area contributed by atoms with Crippen LogP contribution < -0.4 is 5.32 Å². The van der Waals surface area contributed by atoms with Gasteiger partial charge in [0.25, 0.3) is 5.91 Å². The van der Waals surface area contributed by atoms with Crippen LogP contribution in [0.2, 0.25) is 10.0 Å². The Hall–Kier alpha value is -2.30. The maximum absolute atomic E-state index is 12.2. The highest BCUT2D eigenvalue weighted by atomic mass is 35.5. The van der Waals surface area contributed by atoms with Gasteiger partial charge in [-0.25, -0.2) is 4.98 Å². The van der Waals surface area contributed by atoms with Gasteiger partial charge in [0.2, 0.25) is 0 Å². The van der Waals surface area contributed by atoms with Crippen LogP contribution in [-0.2, 0) is 6.54 Å². The number of carbonyl (C=O) groups is 1. The third-order valence-electron chi connectivity index (χ3n) is 3.37. The van der Waals surface area contributed by atoms with Crippen LogP contribution in [0.5, 0.6) is 0 Å². The standard InChI is InChI=1S/C17H13Cl2N3O/c18-13-3-6-15(16(19)9-13)17(23)21-10-12-1-4-14(5-2-12)22-8-7-20-11-22/h1-9,11H,10H2,(H,21,23). The lowest BCUT2D eigenvalue weighted by atomic mass is 10.2. The molecule has 0 bridgehead atoms. The molecule has 2 aromatic carbocycles. The zero-order valence-electron chi connectivity index (χ0n) is 12.0. The molecule has 1 heterocycles. The van der Waals surface area contributed by atoms with Crippen LogP contribution >= 0.6 is 23.2 Å². The summed E-state index contributed by atoms with van der Waals surface area (Å²) in [6.07, 6.45) is 5.34. The number of halogens is 2. The first kappa shape index (κ1) is 15.6. The highest BCUT2D eigenvalue weighted by Crippen LogP contribution is 2.21. The van der Waals surface area contributed by atoms with Gasteiger partial charge >= 0.3 is 0 Å². The highest BCUT2D eigenvalue weighted by Gasteiger charge is 2.10. The molecule has 6 heteroatoms. The number of hydrogen-bond acceptors (Lipinski definition) is 2. The van der Waals surface area contributed by atoms with Gasteiger partial charge < -0.3 is 9.88 Å². The van der Waals surface area contributed by atoms with E-state index in [0.717, 1.165) is 11.3 Å². The number of hydrogen-bond donors (Lipinski definition) is 1. The van der Waals surface area contributed by atoms with Crippen molar-refractivity contribution in [2.45, 2.75) is 6.54 Å². The Kier molecular flexibility index (Phi) is 4.65. The number of nitrogens with one attached hydrogen (secondary N) is 1. The first-order valence-electron chi connectivity index (χ1n) is 6.94. The number of carbonyl (C=O) groups excluding carboxylic acids is 1. The normalized spacial score (nSPS) is 10.5. The Morgan fingerprint density at radius 2 is 1.91 bits per heavy atom. The van der Waals surface area contributed by atoms with Crippen LogP contribution in [-0.4, -0.2) is 15.5 Å². The third-order valence-corrected chi connectivity index (χ3v) is 3.92. The van der Waals surface area contributed by atoms with Crippen LogP contribution in [0.1, 0.15) is 15.9 Å². The number of imidazole rings is 1. The maximum atomic E-state index is 12.2. The van der Waals surface area contributed by atoms with Gasteiger partial charge in [-0.3, -0.25) is 4.79 Å². The molecule has 3 rings (SSSR count). The number of benzene rings is 2. The molecule has 0 aliphatic heterocycles. The largest absolute Gasteiger partial charge is 0.348 e. The number of amides is 1. The van der Waals surface area contributed by atoms with E-state index < -0.39 is 0 Å². The molecular weight excluding hydrogens is 333 g/mol. The second-order valence-electron chi connectivity index (χ2n) is 4.94. The first-order valence-corrected chi connectivity index (χ1v) is 7.69. The van der Waals surface area contributed by atoms with Crippen molar-refractivity contribution >= 4 is 29.1 Å². The van der Waals surface area contributed by atoms with Gasteiger partial charge in [-0.2, -0.15) is 0 Å². The molecule has 0 fully saturated rings. The molecule has 1 aromatic heterocycles. The number of nitrogens with zero attached hydrogens (tertiary/aromatic N) is 2. The summed E-state index contributed by atoms with van der Waals surface area (Å²) in [5.74, 6) is -0.231. The lowest BCUT2D eigenvalue weighted by Crippen LogP contribution is -2.23. The van der Waals surface area contributed by atoms with Crippen LogP contribution in [0.4, 0.5) is 0 Å². The fraction of sp³-hybridized carbons (Fsp3) is 0.0588. The van der Waals surface area contributed by atoms with E-state index in [2.05, 4.69) is 10.3 Å². The quantitative estimate of drug-likeness (QED) is 0.773. The second kappa shape index (κ2) is 6.86. The summed E-state index contributed by atoms with van der Waals surface area (Å²) >= 11 is 11.9. The zero-order valence-corrected chi connectivity index (χ0v) is 13.6. The van der Waals surface area contributed by atoms with E-state index in [4.69, 9.17) is 23.2 Å². The van der Waals surface area contributed by atoms with Crippen LogP contribution in [0, 0.1) is 0 Å². The van der Waals surface area contributed by atoms with Crippen LogP contribution in [0.15, 0.2) is 61.2 Å². The van der Waals surface area contributed by atoms with Gasteiger partial charge in [-0.15, -0.1) is 0 Å². The van der Waals surface area contributed by atoms with Crippen molar-refractivity contribution in [1.82, 2.24) is 14.9 Å². The molecule has 4 nitrogen and oxygen atoms in total. The van der Waals surface area contributed by atoms with E-state index in [1.54, 1.807) is 30.7 Å². The van der Waals surface area contributed by atoms with Gasteiger partial charge in [0.1, 0.15) is 0 Å². The number of aromatic nitrogens is 2. The summed E-state index contributed by atoms with van der Waals surface area (Å²) in [5.41, 5.74) is 2.41. The van der Waals surface area contributed by atoms with Gasteiger partial charge in [0.15, 0.2) is 0 Å².